The first-order valence-electron chi connectivity index (χ1n) is 11.1. The van der Waals surface area contributed by atoms with Gasteiger partial charge in [-0.1, -0.05) is 12.1 Å². The molecule has 1 amide bonds. The van der Waals surface area contributed by atoms with E-state index >= 15 is 0 Å². The molecule has 9 heteroatoms. The van der Waals surface area contributed by atoms with Crippen molar-refractivity contribution in [3.05, 3.63) is 53.5 Å². The molecule has 2 aliphatic rings. The van der Waals surface area contributed by atoms with Gasteiger partial charge < -0.3 is 21.1 Å². The number of likely N-dealkylation sites (tertiary alicyclic amines) is 1. The van der Waals surface area contributed by atoms with E-state index in [1.807, 2.05) is 11.8 Å². The average Bonchev–Trinajstić information content (AvgIpc) is 3.68. The van der Waals surface area contributed by atoms with E-state index in [-0.39, 0.29) is 17.5 Å². The van der Waals surface area contributed by atoms with Crippen LogP contribution in [0.2, 0.25) is 0 Å². The van der Waals surface area contributed by atoms with Crippen molar-refractivity contribution in [2.45, 2.75) is 38.6 Å². The predicted octanol–water partition coefficient (Wildman–Crippen LogP) is 2.83. The van der Waals surface area contributed by atoms with Crippen LogP contribution >= 0.6 is 0 Å². The lowest BCUT2D eigenvalue weighted by atomic mass is 10.1. The van der Waals surface area contributed by atoms with Crippen LogP contribution < -0.4 is 11.1 Å². The van der Waals surface area contributed by atoms with Crippen LogP contribution in [-0.2, 0) is 4.79 Å². The quantitative estimate of drug-likeness (QED) is 0.555. The largest absolute Gasteiger partial charge is 0.478 e. The zero-order chi connectivity index (χ0) is 23.4. The standard InChI is InChI=1S/C24H28N6O3/c1-15-13-27-24(29-21(15)16-2-6-18(7-3-16)23(32)33)28-20(12-25)14-26-19-8-10-30(11-9-19)22(31)17-4-5-17/h2-3,6-7,12-14,17,19H,4-5,8-11,25H2,1H3,(H,32,33)(H,27,28,29). The summed E-state index contributed by atoms with van der Waals surface area (Å²) in [6.07, 6.45) is 8.54. The number of aliphatic imine (C=N–C) groups is 1. The van der Waals surface area contributed by atoms with Gasteiger partial charge in [0.1, 0.15) is 0 Å². The molecule has 4 N–H and O–H groups in total. The molecule has 2 aromatic rings. The number of nitrogens with one attached hydrogen (secondary N) is 1. The average molecular weight is 449 g/mol. The second-order valence-corrected chi connectivity index (χ2v) is 8.46. The maximum Gasteiger partial charge on any atom is 0.335 e. The Morgan fingerprint density at radius 1 is 1.18 bits per heavy atom. The SMILES string of the molecule is Cc1cnc(NC(C=NC2CCN(C(=O)C3CC3)CC2)=CN)nc1-c1ccc(C(=O)O)cc1. The fourth-order valence-electron chi connectivity index (χ4n) is 3.82. The number of aromatic nitrogens is 2. The number of carbonyl (C=O) groups is 2. The molecule has 2 fully saturated rings. The van der Waals surface area contributed by atoms with Crippen molar-refractivity contribution in [1.82, 2.24) is 14.9 Å². The first kappa shape index (κ1) is 22.4. The minimum absolute atomic E-state index is 0.146. The van der Waals surface area contributed by atoms with Crippen molar-refractivity contribution in [2.75, 3.05) is 18.4 Å². The van der Waals surface area contributed by atoms with Gasteiger partial charge in [-0.2, -0.15) is 0 Å². The van der Waals surface area contributed by atoms with Gasteiger partial charge in [-0.25, -0.2) is 14.8 Å². The Hall–Kier alpha value is -3.75. The summed E-state index contributed by atoms with van der Waals surface area (Å²) in [7, 11) is 0. The van der Waals surface area contributed by atoms with Crippen LogP contribution in [0.15, 0.2) is 47.4 Å². The van der Waals surface area contributed by atoms with Crippen LogP contribution in [-0.4, -0.2) is 57.2 Å². The Balaban J connectivity index is 1.38. The second kappa shape index (κ2) is 9.81. The van der Waals surface area contributed by atoms with Crippen LogP contribution in [0.3, 0.4) is 0 Å². The Kier molecular flexibility index (Phi) is 6.67. The molecule has 33 heavy (non-hydrogen) atoms. The predicted molar refractivity (Wildman–Crippen MR) is 126 cm³/mol. The first-order chi connectivity index (χ1) is 15.9. The van der Waals surface area contributed by atoms with Crippen molar-refractivity contribution in [2.24, 2.45) is 16.6 Å². The van der Waals surface area contributed by atoms with Crippen LogP contribution in [0.4, 0.5) is 5.95 Å². The molecular formula is C24H28N6O3. The smallest absolute Gasteiger partial charge is 0.335 e. The molecule has 1 saturated heterocycles. The molecular weight excluding hydrogens is 420 g/mol. The highest BCUT2D eigenvalue weighted by atomic mass is 16.4. The molecule has 0 bridgehead atoms. The number of allylic oxidation sites excluding steroid dienone is 1. The summed E-state index contributed by atoms with van der Waals surface area (Å²) in [6.45, 7) is 3.39. The maximum absolute atomic E-state index is 12.2. The van der Waals surface area contributed by atoms with Crippen molar-refractivity contribution in [3.8, 4) is 11.3 Å². The third-order valence-electron chi connectivity index (χ3n) is 5.94. The minimum Gasteiger partial charge on any atom is -0.478 e. The van der Waals surface area contributed by atoms with E-state index in [0.717, 1.165) is 49.9 Å². The van der Waals surface area contributed by atoms with Crippen molar-refractivity contribution < 1.29 is 14.7 Å². The van der Waals surface area contributed by atoms with Gasteiger partial charge in [-0.05, 0) is 50.3 Å². The van der Waals surface area contributed by atoms with Crippen LogP contribution in [0.25, 0.3) is 11.3 Å². The molecule has 0 unspecified atom stereocenters. The molecule has 1 saturated carbocycles. The molecule has 2 heterocycles. The highest BCUT2D eigenvalue weighted by Gasteiger charge is 2.34. The Morgan fingerprint density at radius 2 is 1.88 bits per heavy atom. The molecule has 172 valence electrons. The van der Waals surface area contributed by atoms with E-state index in [1.54, 1.807) is 36.7 Å². The van der Waals surface area contributed by atoms with Gasteiger partial charge in [0.05, 0.1) is 23.0 Å². The number of nitrogens with two attached hydrogens (primary N) is 1. The normalized spacial score (nSPS) is 17.4. The van der Waals surface area contributed by atoms with Gasteiger partial charge in [0.15, 0.2) is 0 Å². The molecule has 0 spiro atoms. The van der Waals surface area contributed by atoms with E-state index < -0.39 is 5.97 Å². The fraction of sp³-hybridized carbons (Fsp3) is 0.375. The number of piperidine rings is 1. The lowest BCUT2D eigenvalue weighted by Gasteiger charge is -2.30. The number of rotatable bonds is 7. The fourth-order valence-corrected chi connectivity index (χ4v) is 3.82. The topological polar surface area (TPSA) is 134 Å². The van der Waals surface area contributed by atoms with Crippen molar-refractivity contribution in [3.63, 3.8) is 0 Å². The van der Waals surface area contributed by atoms with Gasteiger partial charge in [0, 0.05) is 43.2 Å². The lowest BCUT2D eigenvalue weighted by Crippen LogP contribution is -2.40. The molecule has 1 aliphatic carbocycles. The van der Waals surface area contributed by atoms with Gasteiger partial charge in [-0.3, -0.25) is 9.79 Å². The minimum atomic E-state index is -0.972. The number of hydrogen-bond acceptors (Lipinski definition) is 7. The van der Waals surface area contributed by atoms with Crippen molar-refractivity contribution in [1.29, 1.82) is 0 Å². The number of nitrogens with zero attached hydrogens (tertiary/aromatic N) is 4. The summed E-state index contributed by atoms with van der Waals surface area (Å²) in [6, 6.07) is 6.70. The number of aryl methyl sites for hydroxylation is 1. The van der Waals surface area contributed by atoms with E-state index in [1.165, 1.54) is 6.20 Å². The number of carboxylic acids is 1. The van der Waals surface area contributed by atoms with Crippen molar-refractivity contribution >= 4 is 24.0 Å². The maximum atomic E-state index is 12.2. The highest BCUT2D eigenvalue weighted by molar-refractivity contribution is 5.88. The van der Waals surface area contributed by atoms with Crippen LogP contribution in [0, 0.1) is 12.8 Å². The molecule has 1 aromatic heterocycles. The Bertz CT molecular complexity index is 1080. The number of benzene rings is 1. The monoisotopic (exact) mass is 448 g/mol. The zero-order valence-electron chi connectivity index (χ0n) is 18.6. The third-order valence-corrected chi connectivity index (χ3v) is 5.94. The summed E-state index contributed by atoms with van der Waals surface area (Å²) >= 11 is 0. The number of hydrogen-bond donors (Lipinski definition) is 3. The summed E-state index contributed by atoms with van der Waals surface area (Å²) in [4.78, 5) is 38.8. The molecule has 9 nitrogen and oxygen atoms in total. The number of aromatic carboxylic acids is 1. The van der Waals surface area contributed by atoms with E-state index in [4.69, 9.17) is 10.8 Å². The van der Waals surface area contributed by atoms with Gasteiger partial charge in [0.2, 0.25) is 11.9 Å². The molecule has 0 radical (unpaired) electrons. The molecule has 1 aromatic carbocycles. The number of carbonyl (C=O) groups excluding carboxylic acids is 1. The summed E-state index contributed by atoms with van der Waals surface area (Å²) < 4.78 is 0. The lowest BCUT2D eigenvalue weighted by molar-refractivity contribution is -0.133. The highest BCUT2D eigenvalue weighted by Crippen LogP contribution is 2.32. The summed E-state index contributed by atoms with van der Waals surface area (Å²) in [5.41, 5.74) is 8.93. The summed E-state index contributed by atoms with van der Waals surface area (Å²) in [5.74, 6) is -0.0477. The van der Waals surface area contributed by atoms with E-state index in [2.05, 4.69) is 20.3 Å². The number of amides is 1. The van der Waals surface area contributed by atoms with E-state index in [9.17, 15) is 9.59 Å². The molecule has 0 atom stereocenters. The van der Waals surface area contributed by atoms with Crippen LogP contribution in [0.5, 0.6) is 0 Å². The van der Waals surface area contributed by atoms with Crippen LogP contribution in [0.1, 0.15) is 41.6 Å². The number of carboxylic acid groups (broad SMARTS) is 1. The third kappa shape index (κ3) is 5.54. The zero-order valence-corrected chi connectivity index (χ0v) is 18.6. The van der Waals surface area contributed by atoms with Gasteiger partial charge in [-0.15, -0.1) is 0 Å². The van der Waals surface area contributed by atoms with E-state index in [0.29, 0.717) is 23.2 Å². The molecule has 1 aliphatic heterocycles. The Morgan fingerprint density at radius 3 is 2.48 bits per heavy atom. The van der Waals surface area contributed by atoms with Gasteiger partial charge >= 0.3 is 5.97 Å². The molecule has 4 rings (SSSR count). The number of anilines is 1. The second-order valence-electron chi connectivity index (χ2n) is 8.46. The Labute approximate surface area is 192 Å². The van der Waals surface area contributed by atoms with Gasteiger partial charge in [0.25, 0.3) is 0 Å². The summed E-state index contributed by atoms with van der Waals surface area (Å²) in [5, 5.41) is 12.2. The first-order valence-corrected chi connectivity index (χ1v) is 11.1.